The Morgan fingerprint density at radius 1 is 1.32 bits per heavy atom. The molecule has 0 aliphatic carbocycles. The predicted molar refractivity (Wildman–Crippen MR) is 75.9 cm³/mol. The molecule has 1 fully saturated rings. The van der Waals surface area contributed by atoms with Crippen molar-refractivity contribution in [2.75, 3.05) is 31.6 Å². The minimum absolute atomic E-state index is 0.116. The Labute approximate surface area is 114 Å². The maximum absolute atomic E-state index is 13.6. The van der Waals surface area contributed by atoms with Crippen molar-refractivity contribution in [2.45, 2.75) is 32.4 Å². The molecule has 1 aliphatic rings. The summed E-state index contributed by atoms with van der Waals surface area (Å²) in [5.74, 6) is -0.269. The zero-order valence-corrected chi connectivity index (χ0v) is 11.8. The van der Waals surface area contributed by atoms with Crippen LogP contribution < -0.4 is 4.90 Å². The molecule has 0 radical (unpaired) electrons. The fourth-order valence-corrected chi connectivity index (χ4v) is 2.82. The lowest BCUT2D eigenvalue weighted by Gasteiger charge is -2.32. The third kappa shape index (κ3) is 3.45. The van der Waals surface area contributed by atoms with Crippen LogP contribution >= 0.6 is 0 Å². The first kappa shape index (κ1) is 14.3. The van der Waals surface area contributed by atoms with Crippen molar-refractivity contribution in [1.29, 1.82) is 0 Å². The Morgan fingerprint density at radius 3 is 2.79 bits per heavy atom. The summed E-state index contributed by atoms with van der Waals surface area (Å²) in [4.78, 5) is 4.62. The molecular formula is C15H23FN2O. The molecular weight excluding hydrogens is 243 g/mol. The number of benzene rings is 1. The van der Waals surface area contributed by atoms with Crippen molar-refractivity contribution in [3.8, 4) is 0 Å². The highest BCUT2D eigenvalue weighted by atomic mass is 19.1. The zero-order valence-electron chi connectivity index (χ0n) is 11.8. The van der Waals surface area contributed by atoms with E-state index in [1.807, 2.05) is 6.07 Å². The third-order valence-electron chi connectivity index (χ3n) is 3.83. The predicted octanol–water partition coefficient (Wildman–Crippen LogP) is 2.24. The fraction of sp³-hybridized carbons (Fsp3) is 0.600. The second-order valence-electron chi connectivity index (χ2n) is 5.35. The lowest BCUT2D eigenvalue weighted by Crippen LogP contribution is -2.39. The monoisotopic (exact) mass is 266 g/mol. The van der Waals surface area contributed by atoms with Gasteiger partial charge in [0.05, 0.1) is 6.61 Å². The highest BCUT2D eigenvalue weighted by Crippen LogP contribution is 2.24. The normalized spacial score (nSPS) is 21.5. The molecule has 0 bridgehead atoms. The largest absolute Gasteiger partial charge is 0.392 e. The Morgan fingerprint density at radius 2 is 2.11 bits per heavy atom. The second-order valence-corrected chi connectivity index (χ2v) is 5.35. The summed E-state index contributed by atoms with van der Waals surface area (Å²) in [6.45, 7) is 5.08. The van der Waals surface area contributed by atoms with E-state index in [0.717, 1.165) is 38.2 Å². The molecule has 19 heavy (non-hydrogen) atoms. The van der Waals surface area contributed by atoms with Crippen molar-refractivity contribution in [3.63, 3.8) is 0 Å². The van der Waals surface area contributed by atoms with Gasteiger partial charge in [-0.05, 0) is 50.2 Å². The molecule has 1 unspecified atom stereocenters. The fourth-order valence-electron chi connectivity index (χ4n) is 2.82. The van der Waals surface area contributed by atoms with Crippen molar-refractivity contribution in [1.82, 2.24) is 4.90 Å². The first-order valence-electron chi connectivity index (χ1n) is 6.99. The van der Waals surface area contributed by atoms with Gasteiger partial charge < -0.3 is 14.9 Å². The molecule has 1 N–H and O–H groups in total. The Bertz CT molecular complexity index is 425. The Kier molecular flexibility index (Phi) is 4.77. The van der Waals surface area contributed by atoms with Crippen LogP contribution in [0, 0.1) is 5.82 Å². The maximum atomic E-state index is 13.6. The molecule has 0 saturated carbocycles. The molecule has 4 heteroatoms. The number of likely N-dealkylation sites (N-methyl/N-ethyl adjacent to an activating group) is 1. The van der Waals surface area contributed by atoms with Gasteiger partial charge in [-0.1, -0.05) is 6.92 Å². The van der Waals surface area contributed by atoms with Crippen LogP contribution in [-0.2, 0) is 6.61 Å². The number of halogens is 1. The van der Waals surface area contributed by atoms with E-state index < -0.39 is 0 Å². The van der Waals surface area contributed by atoms with Crippen LogP contribution in [0.1, 0.15) is 25.3 Å². The van der Waals surface area contributed by atoms with E-state index in [1.165, 1.54) is 6.07 Å². The number of nitrogens with zero attached hydrogens (tertiary/aromatic N) is 2. The average molecular weight is 266 g/mol. The molecule has 0 amide bonds. The van der Waals surface area contributed by atoms with Crippen LogP contribution in [0.5, 0.6) is 0 Å². The average Bonchev–Trinajstić information content (AvgIpc) is 2.59. The quantitative estimate of drug-likeness (QED) is 0.909. The van der Waals surface area contributed by atoms with Gasteiger partial charge in [0.25, 0.3) is 0 Å². The van der Waals surface area contributed by atoms with Gasteiger partial charge >= 0.3 is 0 Å². The SMILES string of the molecule is CCC1CN(C)CCCN1c1cc(F)cc(CO)c1. The van der Waals surface area contributed by atoms with Gasteiger partial charge in [0, 0.05) is 24.8 Å². The molecule has 1 heterocycles. The number of hydrogen-bond donors (Lipinski definition) is 1. The van der Waals surface area contributed by atoms with E-state index in [9.17, 15) is 9.50 Å². The molecule has 0 spiro atoms. The highest BCUT2D eigenvalue weighted by Gasteiger charge is 2.22. The van der Waals surface area contributed by atoms with E-state index >= 15 is 0 Å². The van der Waals surface area contributed by atoms with E-state index in [1.54, 1.807) is 6.07 Å². The summed E-state index contributed by atoms with van der Waals surface area (Å²) < 4.78 is 13.6. The van der Waals surface area contributed by atoms with Crippen LogP contribution in [0.2, 0.25) is 0 Å². The summed E-state index contributed by atoms with van der Waals surface area (Å²) >= 11 is 0. The molecule has 1 aromatic rings. The Hall–Kier alpha value is -1.13. The van der Waals surface area contributed by atoms with Gasteiger partial charge in [-0.2, -0.15) is 0 Å². The lowest BCUT2D eigenvalue weighted by atomic mass is 10.1. The number of aliphatic hydroxyl groups is 1. The second kappa shape index (κ2) is 6.35. The first-order valence-corrected chi connectivity index (χ1v) is 6.99. The van der Waals surface area contributed by atoms with E-state index in [4.69, 9.17) is 0 Å². The van der Waals surface area contributed by atoms with Crippen molar-refractivity contribution < 1.29 is 9.50 Å². The van der Waals surface area contributed by atoms with Gasteiger partial charge in [0.2, 0.25) is 0 Å². The molecule has 1 saturated heterocycles. The lowest BCUT2D eigenvalue weighted by molar-refractivity contribution is 0.281. The Balaban J connectivity index is 2.29. The van der Waals surface area contributed by atoms with Gasteiger partial charge in [-0.3, -0.25) is 0 Å². The molecule has 1 aromatic carbocycles. The molecule has 106 valence electrons. The third-order valence-corrected chi connectivity index (χ3v) is 3.83. The van der Waals surface area contributed by atoms with Gasteiger partial charge in [-0.15, -0.1) is 0 Å². The number of anilines is 1. The van der Waals surface area contributed by atoms with Crippen LogP contribution in [0.3, 0.4) is 0 Å². The zero-order chi connectivity index (χ0) is 13.8. The minimum Gasteiger partial charge on any atom is -0.392 e. The van der Waals surface area contributed by atoms with Crippen LogP contribution in [0.4, 0.5) is 10.1 Å². The van der Waals surface area contributed by atoms with Crippen molar-refractivity contribution in [2.24, 2.45) is 0 Å². The molecule has 2 rings (SSSR count). The minimum atomic E-state index is -0.269. The summed E-state index contributed by atoms with van der Waals surface area (Å²) in [5, 5.41) is 9.21. The molecule has 1 aliphatic heterocycles. The van der Waals surface area contributed by atoms with Crippen LogP contribution in [-0.4, -0.2) is 42.7 Å². The van der Waals surface area contributed by atoms with E-state index in [-0.39, 0.29) is 12.4 Å². The molecule has 1 atom stereocenters. The van der Waals surface area contributed by atoms with Crippen LogP contribution in [0.15, 0.2) is 18.2 Å². The summed E-state index contributed by atoms with van der Waals surface area (Å²) in [7, 11) is 2.14. The van der Waals surface area contributed by atoms with E-state index in [0.29, 0.717) is 11.6 Å². The smallest absolute Gasteiger partial charge is 0.125 e. The van der Waals surface area contributed by atoms with E-state index in [2.05, 4.69) is 23.8 Å². The summed E-state index contributed by atoms with van der Waals surface area (Å²) in [6.07, 6.45) is 2.12. The number of rotatable bonds is 3. The molecule has 0 aromatic heterocycles. The summed E-state index contributed by atoms with van der Waals surface area (Å²) in [5.41, 5.74) is 1.54. The topological polar surface area (TPSA) is 26.7 Å². The number of aliphatic hydroxyl groups excluding tert-OH is 1. The van der Waals surface area contributed by atoms with Crippen molar-refractivity contribution in [3.05, 3.63) is 29.6 Å². The summed E-state index contributed by atoms with van der Waals surface area (Å²) in [6, 6.07) is 5.28. The number of hydrogen-bond acceptors (Lipinski definition) is 3. The standard InChI is InChI=1S/C15H23FN2O/c1-3-14-10-17(2)5-4-6-18(14)15-8-12(11-19)7-13(16)9-15/h7-9,14,19H,3-6,10-11H2,1-2H3. The highest BCUT2D eigenvalue weighted by molar-refractivity contribution is 5.50. The first-order chi connectivity index (χ1) is 9.13. The van der Waals surface area contributed by atoms with Gasteiger partial charge in [0.1, 0.15) is 5.82 Å². The van der Waals surface area contributed by atoms with Crippen molar-refractivity contribution >= 4 is 5.69 Å². The van der Waals surface area contributed by atoms with Gasteiger partial charge in [0.15, 0.2) is 0 Å². The maximum Gasteiger partial charge on any atom is 0.125 e. The van der Waals surface area contributed by atoms with Gasteiger partial charge in [-0.25, -0.2) is 4.39 Å². The van der Waals surface area contributed by atoms with Crippen LogP contribution in [0.25, 0.3) is 0 Å². The molecule has 3 nitrogen and oxygen atoms in total.